The summed E-state index contributed by atoms with van der Waals surface area (Å²) in [6, 6.07) is 5.84. The summed E-state index contributed by atoms with van der Waals surface area (Å²) in [5, 5.41) is 6.56. The van der Waals surface area contributed by atoms with Crippen molar-refractivity contribution in [2.75, 3.05) is 47.4 Å². The van der Waals surface area contributed by atoms with Crippen LogP contribution in [-0.2, 0) is 16.0 Å². The number of likely N-dealkylation sites (N-methyl/N-ethyl adjacent to an activating group) is 1. The van der Waals surface area contributed by atoms with E-state index in [1.54, 1.807) is 25.3 Å². The van der Waals surface area contributed by atoms with Gasteiger partial charge in [-0.2, -0.15) is 0 Å². The maximum Gasteiger partial charge on any atom is 0.241 e. The van der Waals surface area contributed by atoms with Crippen molar-refractivity contribution >= 4 is 35.8 Å². The predicted octanol–water partition coefficient (Wildman–Crippen LogP) is 2.46. The topological polar surface area (TPSA) is 78.9 Å². The number of halogens is 1. The Hall–Kier alpha value is -1.42. The van der Waals surface area contributed by atoms with Crippen molar-refractivity contribution in [3.63, 3.8) is 0 Å². The molecule has 1 aromatic heterocycles. The van der Waals surface area contributed by atoms with Crippen LogP contribution in [-0.4, -0.2) is 69.2 Å². The van der Waals surface area contributed by atoms with Crippen molar-refractivity contribution in [2.45, 2.75) is 38.5 Å². The van der Waals surface area contributed by atoms with Crippen molar-refractivity contribution in [2.24, 2.45) is 10.4 Å². The van der Waals surface area contributed by atoms with Crippen LogP contribution in [0, 0.1) is 5.41 Å². The summed E-state index contributed by atoms with van der Waals surface area (Å²) in [6.45, 7) is 2.51. The zero-order valence-corrected chi connectivity index (χ0v) is 20.3. The number of nitrogens with one attached hydrogen (secondary N) is 2. The number of methoxy groups -OCH3 is 1. The Morgan fingerprint density at radius 1 is 1.31 bits per heavy atom. The molecule has 0 aliphatic heterocycles. The number of aliphatic imine (C=N–C) groups is 1. The second kappa shape index (κ2) is 13.7. The highest BCUT2D eigenvalue weighted by atomic mass is 127. The SMILES string of the molecule is CN=C(NCC(=O)N(C)CCc1ccccn1)NCC1(CCOC)CCCC1.I. The minimum absolute atomic E-state index is 0. The van der Waals surface area contributed by atoms with Gasteiger partial charge in [0.25, 0.3) is 0 Å². The fraction of sp³-hybridized carbons (Fsp3) is 0.667. The zero-order valence-electron chi connectivity index (χ0n) is 17.9. The molecule has 1 amide bonds. The summed E-state index contributed by atoms with van der Waals surface area (Å²) in [7, 11) is 5.31. The van der Waals surface area contributed by atoms with Crippen LogP contribution in [0.25, 0.3) is 0 Å². The van der Waals surface area contributed by atoms with E-state index in [1.165, 1.54) is 25.7 Å². The lowest BCUT2D eigenvalue weighted by Gasteiger charge is -2.30. The molecule has 1 aliphatic rings. The molecular weight excluding hydrogens is 481 g/mol. The minimum atomic E-state index is 0. The fourth-order valence-corrected chi connectivity index (χ4v) is 3.70. The highest BCUT2D eigenvalue weighted by molar-refractivity contribution is 14.0. The van der Waals surface area contributed by atoms with E-state index in [0.29, 0.717) is 12.5 Å². The number of hydrogen-bond acceptors (Lipinski definition) is 4. The van der Waals surface area contributed by atoms with Gasteiger partial charge in [0.2, 0.25) is 5.91 Å². The van der Waals surface area contributed by atoms with Crippen molar-refractivity contribution in [3.05, 3.63) is 30.1 Å². The van der Waals surface area contributed by atoms with E-state index in [0.717, 1.165) is 31.7 Å². The third kappa shape index (κ3) is 8.86. The van der Waals surface area contributed by atoms with Crippen LogP contribution in [0.2, 0.25) is 0 Å². The van der Waals surface area contributed by atoms with Crippen molar-refractivity contribution < 1.29 is 9.53 Å². The molecule has 0 radical (unpaired) electrons. The van der Waals surface area contributed by atoms with E-state index in [1.807, 2.05) is 25.2 Å². The first-order valence-corrected chi connectivity index (χ1v) is 10.2. The van der Waals surface area contributed by atoms with Gasteiger partial charge in [-0.15, -0.1) is 24.0 Å². The summed E-state index contributed by atoms with van der Waals surface area (Å²) in [6.07, 6.45) is 8.57. The minimum Gasteiger partial charge on any atom is -0.385 e. The Morgan fingerprint density at radius 2 is 2.07 bits per heavy atom. The predicted molar refractivity (Wildman–Crippen MR) is 128 cm³/mol. The molecule has 0 unspecified atom stereocenters. The van der Waals surface area contributed by atoms with E-state index < -0.39 is 0 Å². The van der Waals surface area contributed by atoms with Crippen LogP contribution in [0.5, 0.6) is 0 Å². The van der Waals surface area contributed by atoms with E-state index in [9.17, 15) is 4.79 Å². The van der Waals surface area contributed by atoms with Crippen molar-refractivity contribution in [1.82, 2.24) is 20.5 Å². The standard InChI is InChI=1S/C21H35N5O2.HI/c1-22-20(25-17-21(12-15-28-3)10-5-6-11-21)24-16-19(27)26(2)14-9-18-8-4-7-13-23-18;/h4,7-8,13H,5-6,9-12,14-17H2,1-3H3,(H2,22,24,25);1H. The lowest BCUT2D eigenvalue weighted by atomic mass is 9.83. The second-order valence-electron chi connectivity index (χ2n) is 7.62. The Labute approximate surface area is 192 Å². The van der Waals surface area contributed by atoms with Crippen LogP contribution in [0.15, 0.2) is 29.4 Å². The van der Waals surface area contributed by atoms with Gasteiger partial charge in [-0.25, -0.2) is 0 Å². The number of pyridine rings is 1. The molecule has 1 heterocycles. The zero-order chi connectivity index (χ0) is 20.2. The van der Waals surface area contributed by atoms with Crippen LogP contribution in [0.4, 0.5) is 0 Å². The van der Waals surface area contributed by atoms with E-state index in [2.05, 4.69) is 20.6 Å². The molecule has 164 valence electrons. The Kier molecular flexibility index (Phi) is 12.1. The van der Waals surface area contributed by atoms with Crippen LogP contribution < -0.4 is 10.6 Å². The van der Waals surface area contributed by atoms with Gasteiger partial charge in [-0.05, 0) is 36.8 Å². The Morgan fingerprint density at radius 3 is 2.69 bits per heavy atom. The first-order chi connectivity index (χ1) is 13.6. The van der Waals surface area contributed by atoms with Crippen LogP contribution in [0.3, 0.4) is 0 Å². The number of carbonyl (C=O) groups excluding carboxylic acids is 1. The summed E-state index contributed by atoms with van der Waals surface area (Å²) >= 11 is 0. The normalized spacial score (nSPS) is 15.5. The summed E-state index contributed by atoms with van der Waals surface area (Å²) < 4.78 is 5.29. The summed E-state index contributed by atoms with van der Waals surface area (Å²) in [4.78, 5) is 22.7. The molecule has 1 saturated carbocycles. The Balaban J connectivity index is 0.00000420. The maximum atomic E-state index is 12.4. The van der Waals surface area contributed by atoms with Crippen LogP contribution >= 0.6 is 24.0 Å². The maximum absolute atomic E-state index is 12.4. The number of aromatic nitrogens is 1. The van der Waals surface area contributed by atoms with Crippen molar-refractivity contribution in [1.29, 1.82) is 0 Å². The van der Waals surface area contributed by atoms with Gasteiger partial charge in [0.05, 0.1) is 6.54 Å². The highest BCUT2D eigenvalue weighted by Gasteiger charge is 2.33. The molecule has 0 spiro atoms. The number of carbonyl (C=O) groups is 1. The largest absolute Gasteiger partial charge is 0.385 e. The quantitative estimate of drug-likeness (QED) is 0.283. The second-order valence-corrected chi connectivity index (χ2v) is 7.62. The summed E-state index contributed by atoms with van der Waals surface area (Å²) in [5.41, 5.74) is 1.27. The molecule has 0 saturated heterocycles. The van der Waals surface area contributed by atoms with E-state index >= 15 is 0 Å². The number of rotatable bonds is 10. The lowest BCUT2D eigenvalue weighted by Crippen LogP contribution is -2.47. The molecule has 1 fully saturated rings. The Bertz CT molecular complexity index is 621. The molecule has 2 rings (SSSR count). The number of guanidine groups is 1. The van der Waals surface area contributed by atoms with E-state index in [-0.39, 0.29) is 41.8 Å². The number of hydrogen-bond donors (Lipinski definition) is 2. The first kappa shape index (κ1) is 25.6. The van der Waals surface area contributed by atoms with Crippen LogP contribution in [0.1, 0.15) is 37.8 Å². The third-order valence-electron chi connectivity index (χ3n) is 5.62. The highest BCUT2D eigenvalue weighted by Crippen LogP contribution is 2.40. The molecule has 0 aromatic carbocycles. The smallest absolute Gasteiger partial charge is 0.241 e. The number of ether oxygens (including phenoxy) is 1. The average molecular weight is 517 g/mol. The molecule has 0 bridgehead atoms. The lowest BCUT2D eigenvalue weighted by molar-refractivity contribution is -0.128. The molecule has 8 heteroatoms. The van der Waals surface area contributed by atoms with Crippen molar-refractivity contribution in [3.8, 4) is 0 Å². The molecule has 0 atom stereocenters. The van der Waals surface area contributed by atoms with Gasteiger partial charge < -0.3 is 20.3 Å². The molecule has 1 aromatic rings. The monoisotopic (exact) mass is 517 g/mol. The molecular formula is C21H36IN5O2. The average Bonchev–Trinajstić information content (AvgIpc) is 3.20. The van der Waals surface area contributed by atoms with Gasteiger partial charge in [0.15, 0.2) is 5.96 Å². The fourth-order valence-electron chi connectivity index (χ4n) is 3.70. The molecule has 2 N–H and O–H groups in total. The molecule has 7 nitrogen and oxygen atoms in total. The first-order valence-electron chi connectivity index (χ1n) is 10.2. The number of amides is 1. The third-order valence-corrected chi connectivity index (χ3v) is 5.62. The van der Waals surface area contributed by atoms with Gasteiger partial charge in [-0.3, -0.25) is 14.8 Å². The van der Waals surface area contributed by atoms with Gasteiger partial charge in [-0.1, -0.05) is 18.9 Å². The van der Waals surface area contributed by atoms with E-state index in [4.69, 9.17) is 4.74 Å². The molecule has 29 heavy (non-hydrogen) atoms. The van der Waals surface area contributed by atoms with Gasteiger partial charge in [0, 0.05) is 59.2 Å². The van der Waals surface area contributed by atoms with Gasteiger partial charge in [0.1, 0.15) is 0 Å². The summed E-state index contributed by atoms with van der Waals surface area (Å²) in [5.74, 6) is 0.712. The number of nitrogens with zero attached hydrogens (tertiary/aromatic N) is 3. The van der Waals surface area contributed by atoms with Gasteiger partial charge >= 0.3 is 0 Å². The molecule has 1 aliphatic carbocycles.